The molecule has 4 heterocycles. The third kappa shape index (κ3) is 12.7. The summed E-state index contributed by atoms with van der Waals surface area (Å²) in [5.74, 6) is 0.552. The van der Waals surface area contributed by atoms with Crippen molar-refractivity contribution in [1.82, 2.24) is 0 Å². The Balaban J connectivity index is 1.00. The summed E-state index contributed by atoms with van der Waals surface area (Å²) < 4.78 is 15.4. The average molecular weight is 924 g/mol. The Morgan fingerprint density at radius 2 is 1.02 bits per heavy atom. The predicted molar refractivity (Wildman–Crippen MR) is 271 cm³/mol. The molecule has 0 bridgehead atoms. The van der Waals surface area contributed by atoms with E-state index in [1.807, 2.05) is 18.2 Å². The molecule has 7 aromatic rings. The summed E-state index contributed by atoms with van der Waals surface area (Å²) in [5, 5.41) is 27.9. The van der Waals surface area contributed by atoms with Crippen molar-refractivity contribution >= 4 is 99.8 Å². The maximum Gasteiger partial charge on any atom is 0.299 e. The van der Waals surface area contributed by atoms with E-state index in [4.69, 9.17) is 14.7 Å². The van der Waals surface area contributed by atoms with E-state index in [-0.39, 0.29) is 18.0 Å². The van der Waals surface area contributed by atoms with Gasteiger partial charge in [-0.05, 0) is 90.3 Å². The van der Waals surface area contributed by atoms with E-state index < -0.39 is 0 Å². The molecule has 7 rings (SSSR count). The van der Waals surface area contributed by atoms with Crippen LogP contribution in [-0.4, -0.2) is 18.2 Å². The number of rotatable bonds is 25. The standard InChI is InChI=1S/C53H53N3O4S4/c1-2-3-4-5-6-7-8-9-10-11-12-13-14-15-28-59-44-26-24-42(25-27-44)56(40-20-16-38(17-21-40)48-33-52-50(63-48)31-46(61-52)29-43(58)35-54)41-22-18-39(19-23-41)49-34-53-51(64-49)32-47(62-53)30-45(36-55)60-37-57/h16-27,29-34,37,58H,2-15,28H2,1H3/b43-29+,45-30+. The lowest BCUT2D eigenvalue weighted by molar-refractivity contribution is -0.124. The average Bonchev–Trinajstić information content (AvgIpc) is 4.09. The van der Waals surface area contributed by atoms with E-state index in [1.54, 1.807) is 57.5 Å². The van der Waals surface area contributed by atoms with Gasteiger partial charge in [0.05, 0.1) is 6.61 Å². The van der Waals surface area contributed by atoms with Crippen LogP contribution >= 0.6 is 45.3 Å². The second-order valence-electron chi connectivity index (χ2n) is 15.8. The van der Waals surface area contributed by atoms with Crippen molar-refractivity contribution in [3.05, 3.63) is 118 Å². The van der Waals surface area contributed by atoms with Crippen molar-refractivity contribution in [3.8, 4) is 38.8 Å². The van der Waals surface area contributed by atoms with E-state index in [0.717, 1.165) is 85.3 Å². The van der Waals surface area contributed by atoms with Crippen LogP contribution in [0.15, 0.2) is 109 Å². The molecule has 328 valence electrons. The summed E-state index contributed by atoms with van der Waals surface area (Å²) in [6.45, 7) is 3.27. The molecule has 0 saturated heterocycles. The quantitative estimate of drug-likeness (QED) is 0.0200. The maximum atomic E-state index is 10.7. The number of fused-ring (bicyclic) bond motifs is 2. The Labute approximate surface area is 392 Å². The van der Waals surface area contributed by atoms with Gasteiger partial charge in [-0.25, -0.2) is 0 Å². The highest BCUT2D eigenvalue weighted by Gasteiger charge is 2.16. The largest absolute Gasteiger partial charge is 0.499 e. The minimum Gasteiger partial charge on any atom is -0.499 e. The van der Waals surface area contributed by atoms with Crippen molar-refractivity contribution in [3.63, 3.8) is 0 Å². The highest BCUT2D eigenvalue weighted by Crippen LogP contribution is 2.43. The SMILES string of the molecule is CCCCCCCCCCCCCCCCOc1ccc(N(c2ccc(-c3cc4sc(/C=C(/O)C#N)cc4s3)cc2)c2ccc(-c3cc4sc(/C=C(\C#N)OC=O)cc4s3)cc2)cc1. The summed E-state index contributed by atoms with van der Waals surface area (Å²) >= 11 is 6.49. The van der Waals surface area contributed by atoms with E-state index in [1.165, 1.54) is 89.5 Å². The summed E-state index contributed by atoms with van der Waals surface area (Å²) in [6, 6.07) is 37.7. The molecular weight excluding hydrogens is 871 g/mol. The fourth-order valence-corrected chi connectivity index (χ4v) is 12.4. The first-order valence-corrected chi connectivity index (χ1v) is 25.5. The van der Waals surface area contributed by atoms with Crippen LogP contribution < -0.4 is 9.64 Å². The molecule has 4 aromatic heterocycles. The number of anilines is 3. The highest BCUT2D eigenvalue weighted by molar-refractivity contribution is 7.30. The number of aliphatic hydroxyl groups excluding tert-OH is 1. The summed E-state index contributed by atoms with van der Waals surface area (Å²) in [6.07, 6.45) is 21.8. The number of hydrogen-bond donors (Lipinski definition) is 1. The van der Waals surface area contributed by atoms with E-state index >= 15 is 0 Å². The predicted octanol–water partition coefficient (Wildman–Crippen LogP) is 17.4. The van der Waals surface area contributed by atoms with Crippen LogP contribution in [0.3, 0.4) is 0 Å². The number of hydrogen-bond acceptors (Lipinski definition) is 11. The zero-order valence-corrected chi connectivity index (χ0v) is 39.5. The van der Waals surface area contributed by atoms with Crippen LogP contribution in [0.5, 0.6) is 5.75 Å². The number of nitriles is 2. The molecule has 11 heteroatoms. The molecule has 0 aliphatic heterocycles. The molecule has 0 aliphatic rings. The van der Waals surface area contributed by atoms with Crippen LogP contribution in [0, 0.1) is 22.7 Å². The number of thiophene rings is 4. The lowest BCUT2D eigenvalue weighted by Gasteiger charge is -2.26. The Kier molecular flexibility index (Phi) is 17.2. The van der Waals surface area contributed by atoms with Gasteiger partial charge in [0.2, 0.25) is 5.76 Å². The molecule has 0 amide bonds. The van der Waals surface area contributed by atoms with E-state index in [9.17, 15) is 15.2 Å². The molecule has 0 aliphatic carbocycles. The molecule has 0 atom stereocenters. The van der Waals surface area contributed by atoms with Gasteiger partial charge in [-0.15, -0.1) is 45.3 Å². The van der Waals surface area contributed by atoms with Crippen LogP contribution in [0.2, 0.25) is 0 Å². The number of aliphatic hydroxyl groups is 1. The Bertz CT molecular complexity index is 2660. The van der Waals surface area contributed by atoms with Gasteiger partial charge in [-0.2, -0.15) is 10.5 Å². The Morgan fingerprint density at radius 3 is 1.45 bits per heavy atom. The van der Waals surface area contributed by atoms with E-state index in [0.29, 0.717) is 0 Å². The zero-order valence-electron chi connectivity index (χ0n) is 36.2. The molecule has 7 nitrogen and oxygen atoms in total. The topological polar surface area (TPSA) is 107 Å². The van der Waals surface area contributed by atoms with Crippen molar-refractivity contribution < 1.29 is 19.4 Å². The lowest BCUT2D eigenvalue weighted by Crippen LogP contribution is -2.10. The first-order chi connectivity index (χ1) is 31.4. The summed E-state index contributed by atoms with van der Waals surface area (Å²) in [5.41, 5.74) is 5.30. The summed E-state index contributed by atoms with van der Waals surface area (Å²) in [4.78, 5) is 17.0. The van der Waals surface area contributed by atoms with Crippen LogP contribution in [0.4, 0.5) is 17.1 Å². The van der Waals surface area contributed by atoms with Gasteiger partial charge in [0.25, 0.3) is 6.47 Å². The molecule has 64 heavy (non-hydrogen) atoms. The second kappa shape index (κ2) is 23.8. The molecule has 0 saturated carbocycles. The molecule has 0 unspecified atom stereocenters. The molecular formula is C53H53N3O4S4. The van der Waals surface area contributed by atoms with Crippen LogP contribution in [-0.2, 0) is 9.53 Å². The lowest BCUT2D eigenvalue weighted by atomic mass is 10.0. The van der Waals surface area contributed by atoms with Gasteiger partial charge < -0.3 is 19.5 Å². The van der Waals surface area contributed by atoms with Crippen molar-refractivity contribution in [2.45, 2.75) is 96.8 Å². The zero-order chi connectivity index (χ0) is 44.5. The highest BCUT2D eigenvalue weighted by atomic mass is 32.1. The first kappa shape index (κ1) is 46.3. The minimum absolute atomic E-state index is 0.0319. The third-order valence-corrected chi connectivity index (χ3v) is 15.7. The van der Waals surface area contributed by atoms with Gasteiger partial charge in [-0.1, -0.05) is 115 Å². The fourth-order valence-electron chi connectivity index (χ4n) is 7.75. The monoisotopic (exact) mass is 923 g/mol. The van der Waals surface area contributed by atoms with Crippen molar-refractivity contribution in [2.75, 3.05) is 11.5 Å². The minimum atomic E-state index is -0.291. The number of carbonyl (C=O) groups is 1. The van der Waals surface area contributed by atoms with Gasteiger partial charge in [0.1, 0.15) is 17.9 Å². The first-order valence-electron chi connectivity index (χ1n) is 22.3. The molecule has 0 spiro atoms. The van der Waals surface area contributed by atoms with Crippen LogP contribution in [0.25, 0.3) is 51.8 Å². The van der Waals surface area contributed by atoms with Gasteiger partial charge in [0, 0.05) is 67.5 Å². The summed E-state index contributed by atoms with van der Waals surface area (Å²) in [7, 11) is 0. The van der Waals surface area contributed by atoms with Gasteiger partial charge in [-0.3, -0.25) is 4.79 Å². The normalized spacial score (nSPS) is 11.8. The third-order valence-electron chi connectivity index (χ3n) is 11.1. The number of unbranched alkanes of at least 4 members (excludes halogenated alkanes) is 13. The number of nitrogens with zero attached hydrogens (tertiary/aromatic N) is 3. The van der Waals surface area contributed by atoms with Gasteiger partial charge >= 0.3 is 0 Å². The number of allylic oxidation sites excluding steroid dienone is 2. The Hall–Kier alpha value is -5.69. The van der Waals surface area contributed by atoms with Crippen LogP contribution in [0.1, 0.15) is 107 Å². The Morgan fingerprint density at radius 1 is 0.578 bits per heavy atom. The van der Waals surface area contributed by atoms with E-state index in [2.05, 4.69) is 96.8 Å². The second-order valence-corrected chi connectivity index (χ2v) is 20.2. The smallest absolute Gasteiger partial charge is 0.299 e. The molecule has 3 aromatic carbocycles. The van der Waals surface area contributed by atoms with Crippen molar-refractivity contribution in [1.29, 1.82) is 10.5 Å². The fraction of sp³-hybridized carbons (Fsp3) is 0.302. The van der Waals surface area contributed by atoms with Gasteiger partial charge in [0.15, 0.2) is 5.76 Å². The number of carbonyl (C=O) groups excluding carboxylic acids is 1. The molecule has 1 N–H and O–H groups in total. The van der Waals surface area contributed by atoms with Crippen molar-refractivity contribution in [2.24, 2.45) is 0 Å². The number of benzene rings is 3. The maximum absolute atomic E-state index is 10.7. The molecule has 0 radical (unpaired) electrons. The molecule has 0 fully saturated rings. The number of ether oxygens (including phenoxy) is 2.